The summed E-state index contributed by atoms with van der Waals surface area (Å²) in [6.07, 6.45) is -0.342. The molecule has 10 nitrogen and oxygen atoms in total. The number of methoxy groups -OCH3 is 1. The zero-order valence-electron chi connectivity index (χ0n) is 24.5. The molecule has 3 aromatic rings. The van der Waals surface area contributed by atoms with Crippen LogP contribution in [-0.4, -0.2) is 60.8 Å². The molecule has 0 aliphatic carbocycles. The van der Waals surface area contributed by atoms with Crippen LogP contribution in [0.2, 0.25) is 0 Å². The summed E-state index contributed by atoms with van der Waals surface area (Å²) in [5, 5.41) is 29.5. The van der Waals surface area contributed by atoms with E-state index in [4.69, 9.17) is 9.47 Å². The number of aromatic hydroxyl groups is 1. The number of hydrogen-bond acceptors (Lipinski definition) is 7. The molecule has 0 saturated carbocycles. The van der Waals surface area contributed by atoms with E-state index in [1.54, 1.807) is 48.5 Å². The van der Waals surface area contributed by atoms with Gasteiger partial charge in [0.25, 0.3) is 0 Å². The lowest BCUT2D eigenvalue weighted by Crippen LogP contribution is -2.50. The molecule has 2 atom stereocenters. The lowest BCUT2D eigenvalue weighted by Gasteiger charge is -2.25. The first-order valence-electron chi connectivity index (χ1n) is 13.8. The molecular weight excluding hydrogens is 846 g/mol. The molecule has 45 heavy (non-hydrogen) atoms. The van der Waals surface area contributed by atoms with E-state index >= 15 is 0 Å². The van der Waals surface area contributed by atoms with Crippen molar-refractivity contribution in [1.82, 2.24) is 16.0 Å². The molecule has 0 bridgehead atoms. The molecular formula is C31H33Br4N3O7. The van der Waals surface area contributed by atoms with Gasteiger partial charge in [-0.15, -0.1) is 0 Å². The summed E-state index contributed by atoms with van der Waals surface area (Å²) in [6.45, 7) is 2.61. The Labute approximate surface area is 295 Å². The first-order valence-corrected chi connectivity index (χ1v) is 17.0. The highest BCUT2D eigenvalue weighted by Gasteiger charge is 2.30. The van der Waals surface area contributed by atoms with E-state index in [1.165, 1.54) is 14.0 Å². The van der Waals surface area contributed by atoms with Crippen LogP contribution < -0.4 is 25.4 Å². The molecule has 3 aromatic carbocycles. The van der Waals surface area contributed by atoms with E-state index in [0.717, 1.165) is 5.56 Å². The predicted molar refractivity (Wildman–Crippen MR) is 184 cm³/mol. The molecule has 0 aliphatic rings. The fraction of sp³-hybridized carbons (Fsp3) is 0.323. The number of phenolic OH excluding ortho intramolecular Hbond substituents is 1. The summed E-state index contributed by atoms with van der Waals surface area (Å²) in [6, 6.07) is 12.4. The van der Waals surface area contributed by atoms with Crippen molar-refractivity contribution in [3.8, 4) is 17.2 Å². The Balaban J connectivity index is 1.69. The van der Waals surface area contributed by atoms with Gasteiger partial charge >= 0.3 is 0 Å². The average Bonchev–Trinajstić information content (AvgIpc) is 2.98. The average molecular weight is 879 g/mol. The van der Waals surface area contributed by atoms with Crippen LogP contribution in [0.15, 0.2) is 66.4 Å². The van der Waals surface area contributed by atoms with Crippen molar-refractivity contribution in [3.63, 3.8) is 0 Å². The zero-order valence-corrected chi connectivity index (χ0v) is 30.8. The van der Waals surface area contributed by atoms with Crippen LogP contribution in [0.25, 0.3) is 0 Å². The van der Waals surface area contributed by atoms with E-state index < -0.39 is 24.0 Å². The first kappa shape index (κ1) is 36.8. The summed E-state index contributed by atoms with van der Waals surface area (Å²) in [7, 11) is 1.51. The number of phenols is 1. The van der Waals surface area contributed by atoms with Crippen molar-refractivity contribution in [3.05, 3.63) is 83.1 Å². The minimum Gasteiger partial charge on any atom is -0.506 e. The molecule has 0 fully saturated rings. The fourth-order valence-corrected chi connectivity index (χ4v) is 7.09. The van der Waals surface area contributed by atoms with Crippen molar-refractivity contribution in [1.29, 1.82) is 0 Å². The van der Waals surface area contributed by atoms with Crippen molar-refractivity contribution >= 4 is 81.4 Å². The summed E-state index contributed by atoms with van der Waals surface area (Å²) in [4.78, 5) is 37.5. The van der Waals surface area contributed by atoms with Crippen LogP contribution in [0.4, 0.5) is 0 Å². The van der Waals surface area contributed by atoms with E-state index in [0.29, 0.717) is 66.5 Å². The second-order valence-corrected chi connectivity index (χ2v) is 13.4. The van der Waals surface area contributed by atoms with Crippen LogP contribution in [0.3, 0.4) is 0 Å². The molecule has 0 aromatic heterocycles. The van der Waals surface area contributed by atoms with Gasteiger partial charge in [0.15, 0.2) is 0 Å². The first-order chi connectivity index (χ1) is 21.4. The predicted octanol–water partition coefficient (Wildman–Crippen LogP) is 5.48. The third kappa shape index (κ3) is 11.3. The van der Waals surface area contributed by atoms with Gasteiger partial charge in [-0.05, 0) is 130 Å². The second-order valence-electron chi connectivity index (χ2n) is 9.96. The van der Waals surface area contributed by atoms with Crippen LogP contribution in [0.1, 0.15) is 36.1 Å². The van der Waals surface area contributed by atoms with Crippen LogP contribution in [0.5, 0.6) is 17.2 Å². The SMILES string of the molecule is COc1c(Br)cc([C@@H](O)[C@@H](NC(=O)Cc2ccc(OCCCNC(C)=O)cc2)C(=O)NCCc2cc(Br)c(O)c(Br)c2)cc1Br. The summed E-state index contributed by atoms with van der Waals surface area (Å²) in [5.74, 6) is 0.0901. The van der Waals surface area contributed by atoms with Gasteiger partial charge in [0.2, 0.25) is 17.7 Å². The van der Waals surface area contributed by atoms with Crippen LogP contribution in [0, 0.1) is 0 Å². The molecule has 0 unspecified atom stereocenters. The van der Waals surface area contributed by atoms with Gasteiger partial charge in [0.1, 0.15) is 29.4 Å². The lowest BCUT2D eigenvalue weighted by molar-refractivity contribution is -0.131. The highest BCUT2D eigenvalue weighted by atomic mass is 79.9. The topological polar surface area (TPSA) is 146 Å². The largest absolute Gasteiger partial charge is 0.506 e. The summed E-state index contributed by atoms with van der Waals surface area (Å²) in [5.41, 5.74) is 1.91. The maximum absolute atomic E-state index is 13.4. The minimum absolute atomic E-state index is 0.0368. The highest BCUT2D eigenvalue weighted by molar-refractivity contribution is 9.11. The number of aliphatic hydroxyl groups excluding tert-OH is 1. The third-order valence-corrected chi connectivity index (χ3v) is 8.91. The Kier molecular flexibility index (Phi) is 14.6. The number of hydrogen-bond donors (Lipinski definition) is 5. The van der Waals surface area contributed by atoms with Crippen molar-refractivity contribution in [2.45, 2.75) is 38.3 Å². The number of carbonyl (C=O) groups is 3. The van der Waals surface area contributed by atoms with Gasteiger partial charge < -0.3 is 35.6 Å². The van der Waals surface area contributed by atoms with Gasteiger partial charge in [0, 0.05) is 20.0 Å². The summed E-state index contributed by atoms with van der Waals surface area (Å²) >= 11 is 13.4. The number of rotatable bonds is 15. The Morgan fingerprint density at radius 1 is 0.867 bits per heavy atom. The quantitative estimate of drug-likeness (QED) is 0.127. The number of carbonyl (C=O) groups excluding carboxylic acids is 3. The Morgan fingerprint density at radius 3 is 2.07 bits per heavy atom. The van der Waals surface area contributed by atoms with E-state index in [9.17, 15) is 24.6 Å². The number of amides is 3. The minimum atomic E-state index is -1.39. The number of halogens is 4. The Morgan fingerprint density at radius 2 is 1.49 bits per heavy atom. The second kappa shape index (κ2) is 17.9. The number of benzene rings is 3. The standard InChI is InChI=1S/C31H33Br4N3O7/c1-17(39)36-9-3-11-45-21-6-4-18(5-7-21)14-26(40)38-27(28(41)20-15-24(34)30(44-2)25(35)16-20)31(43)37-10-8-19-12-22(32)29(42)23(33)13-19/h4-7,12-13,15-16,27-28,41-42H,3,8-11,14H2,1-2H3,(H,36,39)(H,37,43)(H,38,40)/t27-,28-/m1/s1. The maximum atomic E-state index is 13.4. The van der Waals surface area contributed by atoms with Gasteiger partial charge in [0.05, 0.1) is 38.0 Å². The van der Waals surface area contributed by atoms with Gasteiger partial charge in [-0.2, -0.15) is 0 Å². The normalized spacial score (nSPS) is 12.2. The highest BCUT2D eigenvalue weighted by Crippen LogP contribution is 2.37. The monoisotopic (exact) mass is 875 g/mol. The molecule has 3 amide bonds. The number of nitrogens with one attached hydrogen (secondary N) is 3. The number of ether oxygens (including phenoxy) is 2. The molecule has 0 heterocycles. The van der Waals surface area contributed by atoms with Crippen molar-refractivity contribution < 1.29 is 34.1 Å². The van der Waals surface area contributed by atoms with Crippen LogP contribution >= 0.6 is 63.7 Å². The smallest absolute Gasteiger partial charge is 0.245 e. The van der Waals surface area contributed by atoms with E-state index in [-0.39, 0.29) is 24.6 Å². The summed E-state index contributed by atoms with van der Waals surface area (Å²) < 4.78 is 13.2. The van der Waals surface area contributed by atoms with Gasteiger partial charge in [-0.1, -0.05) is 12.1 Å². The molecule has 5 N–H and O–H groups in total. The molecule has 242 valence electrons. The molecule has 3 rings (SSSR count). The van der Waals surface area contributed by atoms with E-state index in [1.807, 2.05) is 0 Å². The molecule has 0 aliphatic heterocycles. The third-order valence-electron chi connectivity index (χ3n) is 6.52. The molecule has 0 spiro atoms. The Hall–Kier alpha value is -2.65. The van der Waals surface area contributed by atoms with Crippen LogP contribution in [-0.2, 0) is 27.2 Å². The van der Waals surface area contributed by atoms with Crippen molar-refractivity contribution in [2.24, 2.45) is 0 Å². The van der Waals surface area contributed by atoms with Crippen molar-refractivity contribution in [2.75, 3.05) is 26.8 Å². The maximum Gasteiger partial charge on any atom is 0.245 e. The Bertz CT molecular complexity index is 1460. The fourth-order valence-electron chi connectivity index (χ4n) is 4.27. The molecule has 14 heteroatoms. The van der Waals surface area contributed by atoms with Gasteiger partial charge in [-0.25, -0.2) is 0 Å². The van der Waals surface area contributed by atoms with Gasteiger partial charge in [-0.3, -0.25) is 14.4 Å². The van der Waals surface area contributed by atoms with E-state index in [2.05, 4.69) is 79.7 Å². The molecule has 0 radical (unpaired) electrons. The molecule has 0 saturated heterocycles. The number of aliphatic hydroxyl groups is 1. The lowest BCUT2D eigenvalue weighted by atomic mass is 10.0. The zero-order chi connectivity index (χ0) is 33.1.